The molecule has 0 amide bonds. The molecule has 3 rings (SSSR count). The maximum absolute atomic E-state index is 10.8. The minimum absolute atomic E-state index is 0.465. The molecule has 0 radical (unpaired) electrons. The number of aliphatic hydroxyl groups excluding tert-OH is 1. The molecule has 2 nitrogen and oxygen atoms in total. The first-order valence-electron chi connectivity index (χ1n) is 8.67. The van der Waals surface area contributed by atoms with Crippen LogP contribution in [0, 0.1) is 11.8 Å². The van der Waals surface area contributed by atoms with Crippen LogP contribution in [0.2, 0.25) is 0 Å². The van der Waals surface area contributed by atoms with E-state index in [0.29, 0.717) is 17.9 Å². The second kappa shape index (κ2) is 8.38. The lowest BCUT2D eigenvalue weighted by atomic mass is 9.99. The zero-order valence-electron chi connectivity index (χ0n) is 15.1. The quantitative estimate of drug-likeness (QED) is 0.517. The van der Waals surface area contributed by atoms with Gasteiger partial charge in [-0.05, 0) is 48.9 Å². The molecule has 3 aromatic rings. The van der Waals surface area contributed by atoms with Gasteiger partial charge >= 0.3 is 0 Å². The molecular formula is C24H22O2. The van der Waals surface area contributed by atoms with Crippen molar-refractivity contribution in [1.29, 1.82) is 0 Å². The summed E-state index contributed by atoms with van der Waals surface area (Å²) < 4.78 is 5.93. The van der Waals surface area contributed by atoms with Gasteiger partial charge in [0.1, 0.15) is 18.5 Å². The van der Waals surface area contributed by atoms with Crippen LogP contribution in [0.1, 0.15) is 31.1 Å². The highest BCUT2D eigenvalue weighted by atomic mass is 16.5. The van der Waals surface area contributed by atoms with Gasteiger partial charge in [-0.3, -0.25) is 0 Å². The average Bonchev–Trinajstić information content (AvgIpc) is 2.66. The van der Waals surface area contributed by atoms with Crippen molar-refractivity contribution in [3.63, 3.8) is 0 Å². The summed E-state index contributed by atoms with van der Waals surface area (Å²) in [5.74, 6) is 6.66. The van der Waals surface area contributed by atoms with E-state index in [1.165, 1.54) is 5.57 Å². The predicted molar refractivity (Wildman–Crippen MR) is 107 cm³/mol. The third kappa shape index (κ3) is 4.33. The number of hydrogen-bond acceptors (Lipinski definition) is 2. The Morgan fingerprint density at radius 2 is 1.73 bits per heavy atom. The van der Waals surface area contributed by atoms with Gasteiger partial charge in [-0.25, -0.2) is 0 Å². The van der Waals surface area contributed by atoms with Crippen LogP contribution in [0.3, 0.4) is 0 Å². The van der Waals surface area contributed by atoms with Gasteiger partial charge in [0.25, 0.3) is 0 Å². The van der Waals surface area contributed by atoms with Crippen molar-refractivity contribution in [2.24, 2.45) is 0 Å². The Morgan fingerprint density at radius 1 is 1.00 bits per heavy atom. The van der Waals surface area contributed by atoms with Crippen LogP contribution in [-0.2, 0) is 0 Å². The first-order chi connectivity index (χ1) is 12.6. The molecule has 0 aliphatic heterocycles. The van der Waals surface area contributed by atoms with Crippen LogP contribution in [0.25, 0.3) is 10.8 Å². The van der Waals surface area contributed by atoms with Gasteiger partial charge < -0.3 is 9.84 Å². The smallest absolute Gasteiger partial charge is 0.144 e. The first kappa shape index (κ1) is 17.8. The van der Waals surface area contributed by atoms with Gasteiger partial charge in [-0.2, -0.15) is 0 Å². The molecule has 2 heteroatoms. The number of ether oxygens (including phenoxy) is 1. The molecule has 1 unspecified atom stereocenters. The molecule has 0 saturated carbocycles. The molecule has 0 aliphatic carbocycles. The average molecular weight is 342 g/mol. The van der Waals surface area contributed by atoms with Crippen molar-refractivity contribution < 1.29 is 9.84 Å². The van der Waals surface area contributed by atoms with Crippen molar-refractivity contribution in [3.8, 4) is 17.6 Å². The van der Waals surface area contributed by atoms with Gasteiger partial charge in [0, 0.05) is 11.1 Å². The van der Waals surface area contributed by atoms with E-state index in [9.17, 15) is 5.11 Å². The Kier molecular flexibility index (Phi) is 5.73. The van der Waals surface area contributed by atoms with E-state index < -0.39 is 6.10 Å². The summed E-state index contributed by atoms with van der Waals surface area (Å²) in [7, 11) is 0. The Hall–Kier alpha value is -3.02. The Morgan fingerprint density at radius 3 is 2.50 bits per heavy atom. The Balaban J connectivity index is 2.00. The van der Waals surface area contributed by atoms with Crippen LogP contribution in [0.5, 0.6) is 5.75 Å². The summed E-state index contributed by atoms with van der Waals surface area (Å²) in [6.45, 7) is 4.53. The fourth-order valence-electron chi connectivity index (χ4n) is 2.73. The molecule has 0 bridgehead atoms. The molecule has 1 atom stereocenters. The summed E-state index contributed by atoms with van der Waals surface area (Å²) in [5, 5.41) is 12.8. The van der Waals surface area contributed by atoms with Gasteiger partial charge in [-0.15, -0.1) is 0 Å². The molecule has 0 heterocycles. The summed E-state index contributed by atoms with van der Waals surface area (Å²) >= 11 is 0. The largest absolute Gasteiger partial charge is 0.489 e. The van der Waals surface area contributed by atoms with Crippen molar-refractivity contribution in [2.45, 2.75) is 20.0 Å². The Labute approximate surface area is 154 Å². The lowest BCUT2D eigenvalue weighted by molar-refractivity contribution is 0.232. The van der Waals surface area contributed by atoms with Crippen LogP contribution < -0.4 is 4.74 Å². The monoisotopic (exact) mass is 342 g/mol. The topological polar surface area (TPSA) is 29.5 Å². The highest BCUT2D eigenvalue weighted by molar-refractivity contribution is 5.88. The number of allylic oxidation sites excluding steroid dienone is 1. The molecule has 3 aromatic carbocycles. The highest BCUT2D eigenvalue weighted by Gasteiger charge is 2.15. The van der Waals surface area contributed by atoms with Crippen LogP contribution in [-0.4, -0.2) is 11.7 Å². The zero-order chi connectivity index (χ0) is 18.4. The predicted octanol–water partition coefficient (Wildman–Crippen LogP) is 5.27. The van der Waals surface area contributed by atoms with E-state index in [2.05, 4.69) is 11.8 Å². The van der Waals surface area contributed by atoms with Crippen molar-refractivity contribution in [1.82, 2.24) is 0 Å². The zero-order valence-corrected chi connectivity index (χ0v) is 15.1. The Bertz CT molecular complexity index is 971. The summed E-state index contributed by atoms with van der Waals surface area (Å²) in [4.78, 5) is 0. The highest BCUT2D eigenvalue weighted by Crippen LogP contribution is 2.33. The maximum Gasteiger partial charge on any atom is 0.144 e. The second-order valence-corrected chi connectivity index (χ2v) is 6.33. The molecule has 0 fully saturated rings. The molecule has 130 valence electrons. The van der Waals surface area contributed by atoms with Gasteiger partial charge in [0.15, 0.2) is 0 Å². The van der Waals surface area contributed by atoms with Gasteiger partial charge in [0.05, 0.1) is 0 Å². The van der Waals surface area contributed by atoms with E-state index in [1.54, 1.807) is 0 Å². The van der Waals surface area contributed by atoms with Crippen molar-refractivity contribution in [3.05, 3.63) is 89.5 Å². The summed E-state index contributed by atoms with van der Waals surface area (Å²) in [6.07, 6.45) is 1.09. The minimum Gasteiger partial charge on any atom is -0.489 e. The minimum atomic E-state index is -0.928. The second-order valence-electron chi connectivity index (χ2n) is 6.33. The van der Waals surface area contributed by atoms with E-state index >= 15 is 0 Å². The fourth-order valence-corrected chi connectivity index (χ4v) is 2.73. The third-order valence-corrected chi connectivity index (χ3v) is 4.06. The van der Waals surface area contributed by atoms with Crippen LogP contribution in [0.15, 0.2) is 78.4 Å². The number of fused-ring (bicyclic) bond motifs is 1. The lowest BCUT2D eigenvalue weighted by Gasteiger charge is -2.15. The standard InChI is InChI=1S/C24H22O2/c1-18(2)16-17-26-23-15-13-20-10-6-7-11-21(20)24(23)22(25)14-12-19-8-4-3-5-9-19/h3-11,13,15-16,22,25H,17H2,1-2H3. The lowest BCUT2D eigenvalue weighted by Crippen LogP contribution is -2.03. The third-order valence-electron chi connectivity index (χ3n) is 4.06. The van der Waals surface area contributed by atoms with Crippen molar-refractivity contribution in [2.75, 3.05) is 6.61 Å². The number of rotatable bonds is 4. The summed E-state index contributed by atoms with van der Waals surface area (Å²) in [5.41, 5.74) is 2.78. The van der Waals surface area contributed by atoms with E-state index in [1.807, 2.05) is 86.7 Å². The van der Waals surface area contributed by atoms with Gasteiger partial charge in [-0.1, -0.05) is 65.9 Å². The molecular weight excluding hydrogens is 320 g/mol. The first-order valence-corrected chi connectivity index (χ1v) is 8.67. The van der Waals surface area contributed by atoms with Crippen LogP contribution in [0.4, 0.5) is 0 Å². The van der Waals surface area contributed by atoms with Crippen molar-refractivity contribution >= 4 is 10.8 Å². The molecule has 0 saturated heterocycles. The molecule has 0 aliphatic rings. The molecule has 0 spiro atoms. The van der Waals surface area contributed by atoms with Crippen LogP contribution >= 0.6 is 0 Å². The molecule has 26 heavy (non-hydrogen) atoms. The van der Waals surface area contributed by atoms with Gasteiger partial charge in [0.2, 0.25) is 0 Å². The maximum atomic E-state index is 10.8. The van der Waals surface area contributed by atoms with E-state index in [-0.39, 0.29) is 0 Å². The molecule has 0 aromatic heterocycles. The van der Waals surface area contributed by atoms with E-state index in [4.69, 9.17) is 4.74 Å². The number of hydrogen-bond donors (Lipinski definition) is 1. The SMILES string of the molecule is CC(C)=CCOc1ccc2ccccc2c1C(O)C#Cc1ccccc1. The number of aliphatic hydroxyl groups is 1. The normalized spacial score (nSPS) is 11.3. The fraction of sp³-hybridized carbons (Fsp3) is 0.167. The molecule has 1 N–H and O–H groups in total. The number of benzene rings is 3. The summed E-state index contributed by atoms with van der Waals surface area (Å²) in [6, 6.07) is 21.5. The van der Waals surface area contributed by atoms with E-state index in [0.717, 1.165) is 16.3 Å².